The maximum atomic E-state index is 12.9. The number of carbonyl (C=O) groups excluding carboxylic acids is 2. The SMILES string of the molecule is CCN(CC(=O)NCc1ccc(F)cc1)C(=O)c1ccc(COC(C)C)cc1. The van der Waals surface area contributed by atoms with Gasteiger partial charge in [0, 0.05) is 18.7 Å². The number of amides is 2. The van der Waals surface area contributed by atoms with Crippen LogP contribution in [0.3, 0.4) is 0 Å². The predicted molar refractivity (Wildman–Crippen MR) is 106 cm³/mol. The molecule has 2 aromatic carbocycles. The molecule has 0 radical (unpaired) electrons. The van der Waals surface area contributed by atoms with Crippen LogP contribution in [0.2, 0.25) is 0 Å². The van der Waals surface area contributed by atoms with Crippen LogP contribution in [0.25, 0.3) is 0 Å². The molecule has 0 aliphatic rings. The Morgan fingerprint density at radius 1 is 1.04 bits per heavy atom. The standard InChI is InChI=1S/C22H27FN2O3/c1-4-25(14-21(26)24-13-17-7-11-20(23)12-8-17)22(27)19-9-5-18(6-10-19)15-28-16(2)3/h5-12,16H,4,13-15H2,1-3H3,(H,24,26). The van der Waals surface area contributed by atoms with Crippen LogP contribution in [-0.2, 0) is 22.7 Å². The van der Waals surface area contributed by atoms with Crippen LogP contribution in [0.5, 0.6) is 0 Å². The number of benzene rings is 2. The Kier molecular flexibility index (Phi) is 8.14. The fourth-order valence-electron chi connectivity index (χ4n) is 2.55. The first-order valence-electron chi connectivity index (χ1n) is 9.40. The van der Waals surface area contributed by atoms with E-state index < -0.39 is 0 Å². The number of carbonyl (C=O) groups is 2. The molecule has 0 heterocycles. The zero-order chi connectivity index (χ0) is 20.5. The molecule has 28 heavy (non-hydrogen) atoms. The molecule has 0 bridgehead atoms. The highest BCUT2D eigenvalue weighted by molar-refractivity contribution is 5.96. The van der Waals surface area contributed by atoms with E-state index in [2.05, 4.69) is 5.32 Å². The Hall–Kier alpha value is -2.73. The van der Waals surface area contributed by atoms with Crippen LogP contribution in [0.4, 0.5) is 4.39 Å². The number of nitrogens with one attached hydrogen (secondary N) is 1. The first kappa shape index (κ1) is 21.6. The first-order valence-corrected chi connectivity index (χ1v) is 9.40. The van der Waals surface area contributed by atoms with Crippen molar-refractivity contribution in [1.82, 2.24) is 10.2 Å². The number of ether oxygens (including phenoxy) is 1. The van der Waals surface area contributed by atoms with E-state index in [9.17, 15) is 14.0 Å². The van der Waals surface area contributed by atoms with E-state index >= 15 is 0 Å². The molecular formula is C22H27FN2O3. The third kappa shape index (κ3) is 6.78. The van der Waals surface area contributed by atoms with Crippen LogP contribution >= 0.6 is 0 Å². The van der Waals surface area contributed by atoms with Gasteiger partial charge in [-0.2, -0.15) is 0 Å². The zero-order valence-corrected chi connectivity index (χ0v) is 16.6. The summed E-state index contributed by atoms with van der Waals surface area (Å²) in [6.45, 7) is 6.94. The predicted octanol–water partition coefficient (Wildman–Crippen LogP) is 3.53. The molecule has 0 spiro atoms. The summed E-state index contributed by atoms with van der Waals surface area (Å²) in [5, 5.41) is 2.75. The Labute approximate surface area is 165 Å². The van der Waals surface area contributed by atoms with Crippen molar-refractivity contribution in [3.05, 3.63) is 71.0 Å². The molecule has 6 heteroatoms. The Balaban J connectivity index is 1.89. The van der Waals surface area contributed by atoms with Crippen LogP contribution in [0, 0.1) is 5.82 Å². The Bertz CT molecular complexity index is 773. The minimum Gasteiger partial charge on any atom is -0.374 e. The minimum absolute atomic E-state index is 0.0330. The van der Waals surface area contributed by atoms with E-state index in [1.807, 2.05) is 32.9 Å². The van der Waals surface area contributed by atoms with Gasteiger partial charge in [0.15, 0.2) is 0 Å². The van der Waals surface area contributed by atoms with Gasteiger partial charge in [-0.15, -0.1) is 0 Å². The normalized spacial score (nSPS) is 10.8. The fourth-order valence-corrected chi connectivity index (χ4v) is 2.55. The molecule has 0 aromatic heterocycles. The lowest BCUT2D eigenvalue weighted by atomic mass is 10.1. The van der Waals surface area contributed by atoms with Crippen molar-refractivity contribution < 1.29 is 18.7 Å². The van der Waals surface area contributed by atoms with Gasteiger partial charge in [-0.05, 0) is 56.2 Å². The summed E-state index contributed by atoms with van der Waals surface area (Å²) in [7, 11) is 0. The maximum Gasteiger partial charge on any atom is 0.254 e. The molecule has 0 unspecified atom stereocenters. The second kappa shape index (κ2) is 10.6. The largest absolute Gasteiger partial charge is 0.374 e. The van der Waals surface area contributed by atoms with Crippen LogP contribution in [-0.4, -0.2) is 35.9 Å². The lowest BCUT2D eigenvalue weighted by Crippen LogP contribution is -2.40. The van der Waals surface area contributed by atoms with Crippen molar-refractivity contribution >= 4 is 11.8 Å². The van der Waals surface area contributed by atoms with Crippen LogP contribution < -0.4 is 5.32 Å². The third-order valence-electron chi connectivity index (χ3n) is 4.19. The summed E-state index contributed by atoms with van der Waals surface area (Å²) < 4.78 is 18.5. The van der Waals surface area contributed by atoms with Crippen molar-refractivity contribution in [3.8, 4) is 0 Å². The van der Waals surface area contributed by atoms with Gasteiger partial charge in [0.05, 0.1) is 19.3 Å². The molecule has 0 saturated heterocycles. The summed E-state index contributed by atoms with van der Waals surface area (Å²) in [5.41, 5.74) is 2.31. The topological polar surface area (TPSA) is 58.6 Å². The van der Waals surface area contributed by atoms with Crippen LogP contribution in [0.15, 0.2) is 48.5 Å². The molecule has 2 aromatic rings. The van der Waals surface area contributed by atoms with Gasteiger partial charge >= 0.3 is 0 Å². The van der Waals surface area contributed by atoms with Gasteiger partial charge in [0.25, 0.3) is 5.91 Å². The zero-order valence-electron chi connectivity index (χ0n) is 16.6. The number of hydrogen-bond acceptors (Lipinski definition) is 3. The third-order valence-corrected chi connectivity index (χ3v) is 4.19. The number of rotatable bonds is 9. The molecule has 2 amide bonds. The van der Waals surface area contributed by atoms with Gasteiger partial charge in [0.2, 0.25) is 5.91 Å². The lowest BCUT2D eigenvalue weighted by molar-refractivity contribution is -0.121. The average Bonchev–Trinajstić information content (AvgIpc) is 2.70. The molecule has 150 valence electrons. The molecule has 0 fully saturated rings. The van der Waals surface area contributed by atoms with Crippen molar-refractivity contribution in [2.24, 2.45) is 0 Å². The van der Waals surface area contributed by atoms with E-state index in [4.69, 9.17) is 4.74 Å². The van der Waals surface area contributed by atoms with E-state index in [1.54, 1.807) is 24.3 Å². The van der Waals surface area contributed by atoms with E-state index in [0.717, 1.165) is 11.1 Å². The number of likely N-dealkylation sites (N-methyl/N-ethyl adjacent to an activating group) is 1. The molecule has 0 aliphatic heterocycles. The smallest absolute Gasteiger partial charge is 0.254 e. The number of nitrogens with zero attached hydrogens (tertiary/aromatic N) is 1. The molecule has 0 atom stereocenters. The van der Waals surface area contributed by atoms with E-state index in [-0.39, 0.29) is 36.8 Å². The second-order valence-electron chi connectivity index (χ2n) is 6.78. The number of hydrogen-bond donors (Lipinski definition) is 1. The maximum absolute atomic E-state index is 12.9. The van der Waals surface area contributed by atoms with Gasteiger partial charge in [0.1, 0.15) is 5.82 Å². The molecule has 0 aliphatic carbocycles. The van der Waals surface area contributed by atoms with Gasteiger partial charge < -0.3 is 15.0 Å². The molecule has 5 nitrogen and oxygen atoms in total. The Morgan fingerprint density at radius 3 is 2.21 bits per heavy atom. The van der Waals surface area contributed by atoms with Crippen molar-refractivity contribution in [2.45, 2.75) is 40.0 Å². The van der Waals surface area contributed by atoms with Crippen LogP contribution in [0.1, 0.15) is 42.3 Å². The highest BCUT2D eigenvalue weighted by Crippen LogP contribution is 2.10. The first-order chi connectivity index (χ1) is 13.4. The lowest BCUT2D eigenvalue weighted by Gasteiger charge is -2.20. The summed E-state index contributed by atoms with van der Waals surface area (Å²) in [6, 6.07) is 13.1. The monoisotopic (exact) mass is 386 g/mol. The summed E-state index contributed by atoms with van der Waals surface area (Å²) in [6.07, 6.45) is 0.144. The minimum atomic E-state index is -0.320. The van der Waals surface area contributed by atoms with E-state index in [0.29, 0.717) is 18.7 Å². The summed E-state index contributed by atoms with van der Waals surface area (Å²) in [5.74, 6) is -0.781. The molecule has 0 saturated carbocycles. The van der Waals surface area contributed by atoms with Crippen molar-refractivity contribution in [3.63, 3.8) is 0 Å². The average molecular weight is 386 g/mol. The number of halogens is 1. The molecular weight excluding hydrogens is 359 g/mol. The quantitative estimate of drug-likeness (QED) is 0.717. The van der Waals surface area contributed by atoms with Gasteiger partial charge in [-0.3, -0.25) is 9.59 Å². The van der Waals surface area contributed by atoms with E-state index in [1.165, 1.54) is 17.0 Å². The fraction of sp³-hybridized carbons (Fsp3) is 0.364. The summed E-state index contributed by atoms with van der Waals surface area (Å²) >= 11 is 0. The second-order valence-corrected chi connectivity index (χ2v) is 6.78. The van der Waals surface area contributed by atoms with Crippen molar-refractivity contribution in [1.29, 1.82) is 0 Å². The van der Waals surface area contributed by atoms with Gasteiger partial charge in [-0.25, -0.2) is 4.39 Å². The molecule has 2 rings (SSSR count). The van der Waals surface area contributed by atoms with Gasteiger partial charge in [-0.1, -0.05) is 24.3 Å². The molecule has 1 N–H and O–H groups in total. The summed E-state index contributed by atoms with van der Waals surface area (Å²) in [4.78, 5) is 26.4. The van der Waals surface area contributed by atoms with Crippen molar-refractivity contribution in [2.75, 3.05) is 13.1 Å². The highest BCUT2D eigenvalue weighted by atomic mass is 19.1. The highest BCUT2D eigenvalue weighted by Gasteiger charge is 2.17. The Morgan fingerprint density at radius 2 is 1.64 bits per heavy atom.